The zero-order valence-electron chi connectivity index (χ0n) is 9.10. The third kappa shape index (κ3) is 275. The van der Waals surface area contributed by atoms with Gasteiger partial charge in [0.05, 0.1) is 7.18 Å². The summed E-state index contributed by atoms with van der Waals surface area (Å²) in [6.45, 7) is 11.7. The molecule has 0 aromatic carbocycles. The molecule has 0 saturated carbocycles. The number of allylic oxidation sites excluding steroid dienone is 1. The van der Waals surface area contributed by atoms with Gasteiger partial charge in [-0.1, -0.05) is 40.7 Å². The van der Waals surface area contributed by atoms with Crippen LogP contribution in [-0.4, -0.2) is 11.9 Å². The molecule has 0 aliphatic rings. The van der Waals surface area contributed by atoms with Crippen LogP contribution in [0.15, 0.2) is 12.7 Å². The predicted molar refractivity (Wildman–Crippen MR) is 62.0 cm³/mol. The van der Waals surface area contributed by atoms with Gasteiger partial charge in [-0.05, 0) is 6.42 Å². The minimum absolute atomic E-state index is 0. The van der Waals surface area contributed by atoms with Crippen molar-refractivity contribution in [2.75, 3.05) is 7.18 Å². The Balaban J connectivity index is -0.0000000235. The standard InChI is InChI=1S/C5H10.C2H6.C2H4.CH3F.CH4.V/c1-3-5-4-2;3*1-2;;/h3H,1,4-5H2,2H3;1-2H3;1H,2H3;1H3;1H4;. The summed E-state index contributed by atoms with van der Waals surface area (Å²) in [6.07, 6.45) is 4.31. The first kappa shape index (κ1) is 29.2. The van der Waals surface area contributed by atoms with Crippen molar-refractivity contribution in [2.24, 2.45) is 0 Å². The second-order valence-corrected chi connectivity index (χ2v) is 2.14. The molecule has 0 heterocycles. The van der Waals surface area contributed by atoms with Crippen molar-refractivity contribution in [1.82, 2.24) is 0 Å². The van der Waals surface area contributed by atoms with E-state index in [-0.39, 0.29) is 7.43 Å². The van der Waals surface area contributed by atoms with E-state index >= 15 is 0 Å². The SMILES string of the molecule is C.C=CCCC.CC.CF.C[CH]=[V]. The first-order valence-electron chi connectivity index (χ1n) is 4.24. The third-order valence-corrected chi connectivity index (χ3v) is 0.493. The Labute approximate surface area is 94.1 Å². The van der Waals surface area contributed by atoms with Gasteiger partial charge in [0.15, 0.2) is 0 Å². The van der Waals surface area contributed by atoms with E-state index in [2.05, 4.69) is 30.5 Å². The van der Waals surface area contributed by atoms with Crippen molar-refractivity contribution in [3.05, 3.63) is 12.7 Å². The number of alkyl halides is 1. The fourth-order valence-electron chi connectivity index (χ4n) is 0.204. The number of rotatable bonds is 2. The van der Waals surface area contributed by atoms with E-state index < -0.39 is 0 Å². The molecule has 0 atom stereocenters. The molecule has 13 heavy (non-hydrogen) atoms. The fraction of sp³-hybridized carbons (Fsp3) is 0.727. The van der Waals surface area contributed by atoms with Crippen molar-refractivity contribution in [3.8, 4) is 0 Å². The van der Waals surface area contributed by atoms with Crippen molar-refractivity contribution in [2.45, 2.75) is 48.0 Å². The van der Waals surface area contributed by atoms with Crippen molar-refractivity contribution >= 4 is 4.73 Å². The number of halogens is 1. The quantitative estimate of drug-likeness (QED) is 0.608. The van der Waals surface area contributed by atoms with Crippen LogP contribution in [0.4, 0.5) is 4.39 Å². The van der Waals surface area contributed by atoms with Gasteiger partial charge in [0.25, 0.3) is 0 Å². The summed E-state index contributed by atoms with van der Waals surface area (Å²) >= 11 is 2.34. The van der Waals surface area contributed by atoms with Crippen molar-refractivity contribution in [1.29, 1.82) is 0 Å². The fourth-order valence-corrected chi connectivity index (χ4v) is 0.204. The van der Waals surface area contributed by atoms with Gasteiger partial charge in [-0.25, -0.2) is 0 Å². The molecule has 0 aliphatic carbocycles. The molecular formula is C11H27FV. The van der Waals surface area contributed by atoms with Crippen LogP contribution in [0.3, 0.4) is 0 Å². The predicted octanol–water partition coefficient (Wildman–Crippen LogP) is 4.58. The van der Waals surface area contributed by atoms with Crippen LogP contribution in [0.2, 0.25) is 0 Å². The van der Waals surface area contributed by atoms with E-state index in [4.69, 9.17) is 0 Å². The van der Waals surface area contributed by atoms with Gasteiger partial charge >= 0.3 is 28.6 Å². The molecule has 0 saturated heterocycles. The Morgan fingerprint density at radius 1 is 1.31 bits per heavy atom. The summed E-state index contributed by atoms with van der Waals surface area (Å²) in [4.78, 5) is 0. The molecule has 83 valence electrons. The van der Waals surface area contributed by atoms with E-state index in [1.807, 2.05) is 31.6 Å². The topological polar surface area (TPSA) is 0 Å². The summed E-state index contributed by atoms with van der Waals surface area (Å²) in [5.41, 5.74) is 0. The molecule has 2 heteroatoms. The monoisotopic (exact) mass is 229 g/mol. The van der Waals surface area contributed by atoms with Gasteiger partial charge in [0.1, 0.15) is 0 Å². The molecule has 0 aromatic heterocycles. The molecule has 0 nitrogen and oxygen atoms in total. The molecule has 0 fully saturated rings. The molecule has 0 spiro atoms. The summed E-state index contributed by atoms with van der Waals surface area (Å²) in [5, 5.41) is 0. The Morgan fingerprint density at radius 3 is 1.54 bits per heavy atom. The Hall–Kier alpha value is 0.124. The average molecular weight is 229 g/mol. The molecule has 0 aliphatic heterocycles. The molecular weight excluding hydrogens is 202 g/mol. The second kappa shape index (κ2) is 88.2. The van der Waals surface area contributed by atoms with Gasteiger partial charge < -0.3 is 0 Å². The summed E-state index contributed by atoms with van der Waals surface area (Å²) < 4.78 is 11.4. The van der Waals surface area contributed by atoms with Crippen LogP contribution >= 0.6 is 0 Å². The van der Waals surface area contributed by atoms with Crippen LogP contribution in [0.25, 0.3) is 0 Å². The summed E-state index contributed by atoms with van der Waals surface area (Å²) in [5.74, 6) is 0. The third-order valence-electron chi connectivity index (χ3n) is 0.493. The summed E-state index contributed by atoms with van der Waals surface area (Å²) in [7, 11) is 0.500. The first-order chi connectivity index (χ1) is 5.83. The number of unbranched alkanes of at least 4 members (excludes halogenated alkanes) is 1. The van der Waals surface area contributed by atoms with Crippen LogP contribution < -0.4 is 0 Å². The van der Waals surface area contributed by atoms with Gasteiger partial charge in [-0.3, -0.25) is 4.39 Å². The maximum atomic E-state index is 9.50. The van der Waals surface area contributed by atoms with Crippen LogP contribution in [0.1, 0.15) is 48.0 Å². The van der Waals surface area contributed by atoms with Gasteiger partial charge in [0, 0.05) is 0 Å². The molecule has 0 N–H and O–H groups in total. The summed E-state index contributed by atoms with van der Waals surface area (Å²) in [6, 6.07) is 0. The number of hydrogen-bond acceptors (Lipinski definition) is 0. The van der Waals surface area contributed by atoms with Crippen LogP contribution in [0.5, 0.6) is 0 Å². The zero-order valence-corrected chi connectivity index (χ0v) is 10.5. The molecule has 0 unspecified atom stereocenters. The van der Waals surface area contributed by atoms with Crippen LogP contribution in [-0.2, 0) is 17.0 Å². The van der Waals surface area contributed by atoms with Gasteiger partial charge in [-0.2, -0.15) is 0 Å². The average Bonchev–Trinajstić information content (AvgIpc) is 2.14. The van der Waals surface area contributed by atoms with E-state index in [1.54, 1.807) is 0 Å². The molecule has 0 radical (unpaired) electrons. The van der Waals surface area contributed by atoms with Gasteiger partial charge in [-0.15, -0.1) is 6.58 Å². The van der Waals surface area contributed by atoms with Crippen LogP contribution in [0, 0.1) is 0 Å². The molecule has 0 rings (SSSR count). The Morgan fingerprint density at radius 2 is 1.54 bits per heavy atom. The minimum atomic E-state index is 0. The van der Waals surface area contributed by atoms with Crippen molar-refractivity contribution in [3.63, 3.8) is 0 Å². The second-order valence-electron chi connectivity index (χ2n) is 1.34. The maximum absolute atomic E-state index is 9.50. The van der Waals surface area contributed by atoms with E-state index in [0.717, 1.165) is 6.42 Å². The molecule has 0 bridgehead atoms. The first-order valence-corrected chi connectivity index (χ1v) is 5.04. The van der Waals surface area contributed by atoms with Gasteiger partial charge in [0.2, 0.25) is 0 Å². The number of hydrogen-bond donors (Lipinski definition) is 0. The normalized spacial score (nSPS) is 4.69. The molecule has 0 aromatic rings. The zero-order chi connectivity index (χ0) is 10.8. The Kier molecular flexibility index (Phi) is 198. The van der Waals surface area contributed by atoms with E-state index in [1.165, 1.54) is 6.42 Å². The Bertz CT molecular complexity index is 54.1. The van der Waals surface area contributed by atoms with Crippen molar-refractivity contribution < 1.29 is 21.4 Å². The van der Waals surface area contributed by atoms with E-state index in [0.29, 0.717) is 7.18 Å². The van der Waals surface area contributed by atoms with E-state index in [9.17, 15) is 4.39 Å². The molecule has 0 amide bonds.